The lowest BCUT2D eigenvalue weighted by atomic mass is 10.6. The molecule has 0 aromatic carbocycles. The molecule has 1 heterocycles. The Hall–Kier alpha value is -1.26. The van der Waals surface area contributed by atoms with E-state index in [-0.39, 0.29) is 16.9 Å². The van der Waals surface area contributed by atoms with Gasteiger partial charge < -0.3 is 15.0 Å². The van der Waals surface area contributed by atoms with Crippen LogP contribution in [0.2, 0.25) is 0 Å². The molecule has 0 radical (unpaired) electrons. The lowest BCUT2D eigenvalue weighted by Crippen LogP contribution is -2.32. The number of rotatable bonds is 5. The van der Waals surface area contributed by atoms with Gasteiger partial charge in [0, 0.05) is 11.3 Å². The molecule has 1 atom stereocenters. The summed E-state index contributed by atoms with van der Waals surface area (Å²) < 4.78 is 27.1. The number of aromatic nitrogens is 2. The van der Waals surface area contributed by atoms with Crippen LogP contribution in [-0.2, 0) is 20.8 Å². The Morgan fingerprint density at radius 3 is 2.81 bits per heavy atom. The average Bonchev–Trinajstić information content (AvgIpc) is 2.61. The van der Waals surface area contributed by atoms with Gasteiger partial charge in [0.15, 0.2) is 0 Å². The number of hydrogen-bond donors (Lipinski definition) is 1. The Balaban J connectivity index is 2.76. The van der Waals surface area contributed by atoms with Gasteiger partial charge in [0.2, 0.25) is 10.3 Å². The minimum atomic E-state index is -2.63. The van der Waals surface area contributed by atoms with Crippen LogP contribution in [-0.4, -0.2) is 38.1 Å². The maximum Gasteiger partial charge on any atom is 0.326 e. The lowest BCUT2D eigenvalue weighted by Gasteiger charge is -2.21. The molecule has 0 aliphatic heterocycles. The van der Waals surface area contributed by atoms with E-state index in [0.717, 1.165) is 15.6 Å². The van der Waals surface area contributed by atoms with Crippen molar-refractivity contribution in [2.45, 2.75) is 6.92 Å². The van der Waals surface area contributed by atoms with Crippen LogP contribution in [0, 0.1) is 0 Å². The highest BCUT2D eigenvalue weighted by molar-refractivity contribution is 7.81. The van der Waals surface area contributed by atoms with E-state index in [0.29, 0.717) is 0 Å². The summed E-state index contributed by atoms with van der Waals surface area (Å²) in [6, 6.07) is 0. The minimum absolute atomic E-state index is 0.0267. The monoisotopic (exact) mass is 265 g/mol. The van der Waals surface area contributed by atoms with Crippen molar-refractivity contribution < 1.29 is 18.3 Å². The van der Waals surface area contributed by atoms with Crippen molar-refractivity contribution in [3.63, 3.8) is 0 Å². The van der Waals surface area contributed by atoms with Gasteiger partial charge in [0.25, 0.3) is 0 Å². The zero-order chi connectivity index (χ0) is 12.1. The number of carbonyl (C=O) groups excluding carboxylic acids is 1. The number of nitrogens with two attached hydrogens (primary N) is 1. The molecule has 0 bridgehead atoms. The molecule has 1 unspecified atom stereocenters. The second-order valence-corrected chi connectivity index (χ2v) is 4.34. The molecule has 2 N–H and O–H groups in total. The second kappa shape index (κ2) is 5.72. The van der Waals surface area contributed by atoms with Crippen molar-refractivity contribution in [2.75, 3.05) is 23.2 Å². The largest absolute Gasteiger partial charge is 0.755 e. The van der Waals surface area contributed by atoms with Crippen LogP contribution in [0.15, 0.2) is 0 Å². The van der Waals surface area contributed by atoms with E-state index in [2.05, 4.69) is 14.9 Å². The van der Waals surface area contributed by atoms with E-state index < -0.39 is 23.8 Å². The predicted octanol–water partition coefficient (Wildman–Crippen LogP) is -0.716. The summed E-state index contributed by atoms with van der Waals surface area (Å²) in [5.74, 6) is -0.666. The summed E-state index contributed by atoms with van der Waals surface area (Å²) in [5.41, 5.74) is 5.31. The van der Waals surface area contributed by atoms with E-state index in [9.17, 15) is 13.6 Å². The van der Waals surface area contributed by atoms with Crippen molar-refractivity contribution in [2.24, 2.45) is 0 Å². The molecule has 0 saturated carbocycles. The number of esters is 1. The number of nitrogens with zero attached hydrogens (tertiary/aromatic N) is 3. The molecule has 0 aliphatic rings. The summed E-state index contributed by atoms with van der Waals surface area (Å²) in [7, 11) is 0. The third-order valence-electron chi connectivity index (χ3n) is 1.40. The molecule has 8 nitrogen and oxygen atoms in total. The molecule has 0 fully saturated rings. The van der Waals surface area contributed by atoms with Crippen molar-refractivity contribution in [3.8, 4) is 0 Å². The topological polar surface area (TPSA) is 121 Å². The molecule has 16 heavy (non-hydrogen) atoms. The number of carbonyl (C=O) groups is 1. The second-order valence-electron chi connectivity index (χ2n) is 2.48. The van der Waals surface area contributed by atoms with Crippen LogP contribution < -0.4 is 10.0 Å². The maximum absolute atomic E-state index is 11.1. The summed E-state index contributed by atoms with van der Waals surface area (Å²) in [6.07, 6.45) is 0. The van der Waals surface area contributed by atoms with Gasteiger partial charge in [-0.2, -0.15) is 0 Å². The van der Waals surface area contributed by atoms with Crippen molar-refractivity contribution >= 4 is 38.8 Å². The van der Waals surface area contributed by atoms with Crippen LogP contribution in [0.25, 0.3) is 0 Å². The molecule has 0 saturated heterocycles. The first-order chi connectivity index (χ1) is 7.54. The van der Waals surface area contributed by atoms with Gasteiger partial charge in [-0.25, -0.2) is 0 Å². The predicted molar refractivity (Wildman–Crippen MR) is 57.2 cm³/mol. The fourth-order valence-electron chi connectivity index (χ4n) is 0.835. The van der Waals surface area contributed by atoms with Gasteiger partial charge in [-0.3, -0.25) is 13.3 Å². The minimum Gasteiger partial charge on any atom is -0.755 e. The molecule has 0 spiro atoms. The van der Waals surface area contributed by atoms with Gasteiger partial charge in [0.05, 0.1) is 6.61 Å². The number of anilines is 2. The Labute approximate surface area is 97.8 Å². The summed E-state index contributed by atoms with van der Waals surface area (Å²) >= 11 is -1.77. The molecular weight excluding hydrogens is 256 g/mol. The quantitative estimate of drug-likeness (QED) is 0.551. The molecule has 90 valence electrons. The van der Waals surface area contributed by atoms with Crippen LogP contribution in [0.5, 0.6) is 0 Å². The SMILES string of the molecule is CCOC(=O)CN(c1nnc(N)s1)S(=O)[O-]. The molecule has 0 amide bonds. The Bertz CT molecular complexity index is 396. The Kier molecular flexibility index (Phi) is 4.58. The first kappa shape index (κ1) is 12.8. The summed E-state index contributed by atoms with van der Waals surface area (Å²) in [4.78, 5) is 11.1. The summed E-state index contributed by atoms with van der Waals surface area (Å²) in [6.45, 7) is 1.36. The normalized spacial score (nSPS) is 12.1. The highest BCUT2D eigenvalue weighted by atomic mass is 32.2. The Morgan fingerprint density at radius 1 is 1.69 bits per heavy atom. The van der Waals surface area contributed by atoms with Gasteiger partial charge >= 0.3 is 5.97 Å². The third-order valence-corrected chi connectivity index (χ3v) is 2.95. The highest BCUT2D eigenvalue weighted by Crippen LogP contribution is 2.22. The van der Waals surface area contributed by atoms with Crippen molar-refractivity contribution in [1.82, 2.24) is 10.2 Å². The van der Waals surface area contributed by atoms with Gasteiger partial charge in [-0.05, 0) is 6.92 Å². The smallest absolute Gasteiger partial charge is 0.326 e. The van der Waals surface area contributed by atoms with Crippen LogP contribution in [0.4, 0.5) is 10.3 Å². The molecule has 10 heteroatoms. The van der Waals surface area contributed by atoms with E-state index >= 15 is 0 Å². The van der Waals surface area contributed by atoms with Crippen molar-refractivity contribution in [1.29, 1.82) is 0 Å². The zero-order valence-electron chi connectivity index (χ0n) is 8.28. The molecule has 1 rings (SSSR count). The van der Waals surface area contributed by atoms with Gasteiger partial charge in [-0.1, -0.05) is 11.3 Å². The van der Waals surface area contributed by atoms with Crippen molar-refractivity contribution in [3.05, 3.63) is 0 Å². The van der Waals surface area contributed by atoms with E-state index in [1.165, 1.54) is 0 Å². The number of nitrogen functional groups attached to an aromatic ring is 1. The Morgan fingerprint density at radius 2 is 2.38 bits per heavy atom. The standard InChI is InChI=1S/C6H10N4O4S2/c1-2-14-4(11)3-10(16(12)13)6-9-8-5(7)15-6/h2-3H2,1H3,(H2,7,8)(H,12,13)/p-1. The highest BCUT2D eigenvalue weighted by Gasteiger charge is 2.17. The summed E-state index contributed by atoms with van der Waals surface area (Å²) in [5, 5.41) is 7.12. The first-order valence-corrected chi connectivity index (χ1v) is 6.01. The van der Waals surface area contributed by atoms with Crippen LogP contribution in [0.1, 0.15) is 6.92 Å². The maximum atomic E-state index is 11.1. The number of ether oxygens (including phenoxy) is 1. The zero-order valence-corrected chi connectivity index (χ0v) is 9.92. The molecular formula is C6H9N4O4S2-. The van der Waals surface area contributed by atoms with Crippen LogP contribution in [0.3, 0.4) is 0 Å². The fraction of sp³-hybridized carbons (Fsp3) is 0.500. The average molecular weight is 265 g/mol. The molecule has 0 aliphatic carbocycles. The van der Waals surface area contributed by atoms with Gasteiger partial charge in [0.1, 0.15) is 6.54 Å². The lowest BCUT2D eigenvalue weighted by molar-refractivity contribution is -0.141. The fourth-order valence-corrected chi connectivity index (χ4v) is 2.02. The molecule has 1 aromatic heterocycles. The van der Waals surface area contributed by atoms with E-state index in [4.69, 9.17) is 5.73 Å². The first-order valence-electron chi connectivity index (χ1n) is 4.16. The van der Waals surface area contributed by atoms with E-state index in [1.54, 1.807) is 6.92 Å². The number of hydrogen-bond acceptors (Lipinski definition) is 8. The third kappa shape index (κ3) is 3.40. The van der Waals surface area contributed by atoms with Crippen LogP contribution >= 0.6 is 11.3 Å². The molecule has 1 aromatic rings. The van der Waals surface area contributed by atoms with E-state index in [1.807, 2.05) is 0 Å². The van der Waals surface area contributed by atoms with Gasteiger partial charge in [-0.15, -0.1) is 10.2 Å².